The van der Waals surface area contributed by atoms with Crippen LogP contribution in [0.1, 0.15) is 61.3 Å². The fourth-order valence-electron chi connectivity index (χ4n) is 3.46. The van der Waals surface area contributed by atoms with Crippen molar-refractivity contribution in [1.82, 2.24) is 20.2 Å². The van der Waals surface area contributed by atoms with Gasteiger partial charge in [-0.1, -0.05) is 24.2 Å². The lowest BCUT2D eigenvalue weighted by molar-refractivity contribution is -0.136. The van der Waals surface area contributed by atoms with Gasteiger partial charge in [-0.3, -0.25) is 4.79 Å². The molecule has 7 nitrogen and oxygen atoms in total. The van der Waals surface area contributed by atoms with Crippen LogP contribution in [0.2, 0.25) is 0 Å². The van der Waals surface area contributed by atoms with Crippen LogP contribution in [0.5, 0.6) is 0 Å². The van der Waals surface area contributed by atoms with Crippen LogP contribution in [-0.4, -0.2) is 39.2 Å². The second kappa shape index (κ2) is 7.37. The second-order valence-corrected chi connectivity index (χ2v) is 6.93. The molecule has 0 unspecified atom stereocenters. The molecule has 1 fully saturated rings. The van der Waals surface area contributed by atoms with Crippen LogP contribution in [0.3, 0.4) is 0 Å². The summed E-state index contributed by atoms with van der Waals surface area (Å²) in [5.74, 6) is 2.41. The number of carbonyl (C=O) groups excluding carboxylic acids is 1. The molecule has 3 heterocycles. The average molecular weight is 346 g/mol. The van der Waals surface area contributed by atoms with E-state index in [0.717, 1.165) is 48.6 Å². The Labute approximate surface area is 147 Å². The Morgan fingerprint density at radius 1 is 1.32 bits per heavy atom. The number of hydrogen-bond acceptors (Lipinski definition) is 6. The molecule has 3 rings (SSSR count). The maximum atomic E-state index is 12.9. The number of likely N-dealkylation sites (tertiary alicyclic amines) is 1. The molecule has 25 heavy (non-hydrogen) atoms. The number of piperidine rings is 1. The zero-order valence-corrected chi connectivity index (χ0v) is 15.4. The number of nitrogens with zero attached hydrogens (tertiary/aromatic N) is 4. The topological polar surface area (TPSA) is 85.3 Å². The quantitative estimate of drug-likeness (QED) is 0.827. The molecular formula is C18H26N4O3. The molecule has 0 aromatic carbocycles. The van der Waals surface area contributed by atoms with Crippen LogP contribution < -0.4 is 0 Å². The monoisotopic (exact) mass is 346 g/mol. The average Bonchev–Trinajstić information content (AvgIpc) is 3.23. The van der Waals surface area contributed by atoms with Crippen LogP contribution in [0.25, 0.3) is 0 Å². The molecule has 1 amide bonds. The van der Waals surface area contributed by atoms with E-state index in [1.807, 2.05) is 32.6 Å². The van der Waals surface area contributed by atoms with Crippen molar-refractivity contribution in [3.05, 3.63) is 28.7 Å². The van der Waals surface area contributed by atoms with Gasteiger partial charge in [-0.2, -0.15) is 4.98 Å². The van der Waals surface area contributed by atoms with E-state index in [4.69, 9.17) is 9.05 Å². The predicted molar refractivity (Wildman–Crippen MR) is 91.1 cm³/mol. The van der Waals surface area contributed by atoms with Crippen molar-refractivity contribution in [2.75, 3.05) is 13.1 Å². The smallest absolute Gasteiger partial charge is 0.226 e. The minimum atomic E-state index is -0.105. The van der Waals surface area contributed by atoms with Crippen molar-refractivity contribution in [2.45, 2.75) is 59.3 Å². The second-order valence-electron chi connectivity index (χ2n) is 6.93. The molecule has 1 aliphatic heterocycles. The summed E-state index contributed by atoms with van der Waals surface area (Å²) < 4.78 is 10.4. The summed E-state index contributed by atoms with van der Waals surface area (Å²) in [5, 5.41) is 8.06. The number of aryl methyl sites for hydroxylation is 3. The Kier molecular flexibility index (Phi) is 5.20. The van der Waals surface area contributed by atoms with Gasteiger partial charge in [0.05, 0.1) is 5.69 Å². The highest BCUT2D eigenvalue weighted by atomic mass is 16.5. The molecule has 1 saturated heterocycles. The highest BCUT2D eigenvalue weighted by molar-refractivity contribution is 5.79. The zero-order valence-electron chi connectivity index (χ0n) is 15.4. The van der Waals surface area contributed by atoms with Crippen LogP contribution in [0.4, 0.5) is 0 Å². The molecule has 0 aliphatic carbocycles. The van der Waals surface area contributed by atoms with Crippen molar-refractivity contribution in [3.63, 3.8) is 0 Å². The first-order valence-corrected chi connectivity index (χ1v) is 9.02. The van der Waals surface area contributed by atoms with Gasteiger partial charge in [0.25, 0.3) is 0 Å². The molecule has 136 valence electrons. The van der Waals surface area contributed by atoms with Gasteiger partial charge in [0.1, 0.15) is 5.76 Å². The van der Waals surface area contributed by atoms with Crippen LogP contribution in [0, 0.1) is 19.8 Å². The highest BCUT2D eigenvalue weighted by Gasteiger charge is 2.30. The summed E-state index contributed by atoms with van der Waals surface area (Å²) in [5.41, 5.74) is 1.91. The lowest BCUT2D eigenvalue weighted by Crippen LogP contribution is -2.42. The minimum Gasteiger partial charge on any atom is -0.361 e. The van der Waals surface area contributed by atoms with Gasteiger partial charge in [-0.25, -0.2) is 0 Å². The lowest BCUT2D eigenvalue weighted by atomic mass is 9.94. The van der Waals surface area contributed by atoms with Crippen LogP contribution in [0.15, 0.2) is 9.05 Å². The summed E-state index contributed by atoms with van der Waals surface area (Å²) in [6, 6.07) is 0. The molecule has 2 aromatic rings. The number of hydrogen-bond donors (Lipinski definition) is 0. The van der Waals surface area contributed by atoms with Gasteiger partial charge >= 0.3 is 0 Å². The number of amides is 1. The lowest BCUT2D eigenvalue weighted by Gasteiger charge is -2.33. The van der Waals surface area contributed by atoms with Crippen molar-refractivity contribution in [1.29, 1.82) is 0 Å². The third-order valence-corrected chi connectivity index (χ3v) is 5.00. The van der Waals surface area contributed by atoms with Crippen molar-refractivity contribution in [2.24, 2.45) is 5.92 Å². The summed E-state index contributed by atoms with van der Waals surface area (Å²) in [6.45, 7) is 9.23. The summed E-state index contributed by atoms with van der Waals surface area (Å²) in [4.78, 5) is 19.3. The van der Waals surface area contributed by atoms with Gasteiger partial charge in [-0.05, 0) is 33.1 Å². The summed E-state index contributed by atoms with van der Waals surface area (Å²) in [6.07, 6.45) is 3.34. The first kappa shape index (κ1) is 17.6. The molecule has 0 N–H and O–H groups in total. The van der Waals surface area contributed by atoms with Gasteiger partial charge in [0.15, 0.2) is 5.82 Å². The van der Waals surface area contributed by atoms with E-state index in [1.165, 1.54) is 0 Å². The Balaban J connectivity index is 1.65. The third kappa shape index (κ3) is 3.75. The largest absolute Gasteiger partial charge is 0.361 e. The SMILES string of the molecule is CCc1nc([C@@H]2CCCN(C(=O)[C@@H](C)Cc3c(C)noc3C)C2)no1. The molecule has 2 aromatic heterocycles. The van der Waals surface area contributed by atoms with E-state index in [0.29, 0.717) is 18.9 Å². The normalized spacial score (nSPS) is 19.2. The molecule has 2 atom stereocenters. The van der Waals surface area contributed by atoms with Gasteiger partial charge in [0, 0.05) is 36.9 Å². The van der Waals surface area contributed by atoms with Gasteiger partial charge in [0.2, 0.25) is 11.8 Å². The molecule has 7 heteroatoms. The van der Waals surface area contributed by atoms with Gasteiger partial charge < -0.3 is 13.9 Å². The number of aromatic nitrogens is 3. The standard InChI is InChI=1S/C18H26N4O3/c1-5-16-19-17(21-25-16)14-7-6-8-22(10-14)18(23)11(2)9-15-12(3)20-24-13(15)4/h11,14H,5-10H2,1-4H3/t11-,14+/m0/s1. The molecule has 0 radical (unpaired) electrons. The maximum Gasteiger partial charge on any atom is 0.226 e. The first-order chi connectivity index (χ1) is 12.0. The fraction of sp³-hybridized carbons (Fsp3) is 0.667. The Bertz CT molecular complexity index is 717. The van der Waals surface area contributed by atoms with E-state index in [-0.39, 0.29) is 17.7 Å². The molecule has 0 bridgehead atoms. The fourth-order valence-corrected chi connectivity index (χ4v) is 3.46. The van der Waals surface area contributed by atoms with E-state index >= 15 is 0 Å². The van der Waals surface area contributed by atoms with E-state index in [1.54, 1.807) is 0 Å². The maximum absolute atomic E-state index is 12.9. The Hall–Kier alpha value is -2.18. The van der Waals surface area contributed by atoms with Gasteiger partial charge in [-0.15, -0.1) is 0 Å². The van der Waals surface area contributed by atoms with E-state index < -0.39 is 0 Å². The highest BCUT2D eigenvalue weighted by Crippen LogP contribution is 2.27. The van der Waals surface area contributed by atoms with Crippen LogP contribution >= 0.6 is 0 Å². The molecule has 1 aliphatic rings. The summed E-state index contributed by atoms with van der Waals surface area (Å²) in [7, 11) is 0. The Morgan fingerprint density at radius 2 is 2.12 bits per heavy atom. The molecular weight excluding hydrogens is 320 g/mol. The van der Waals surface area contributed by atoms with Crippen LogP contribution in [-0.2, 0) is 17.6 Å². The predicted octanol–water partition coefficient (Wildman–Crippen LogP) is 2.82. The van der Waals surface area contributed by atoms with E-state index in [9.17, 15) is 4.79 Å². The van der Waals surface area contributed by atoms with Crippen molar-refractivity contribution >= 4 is 5.91 Å². The van der Waals surface area contributed by atoms with E-state index in [2.05, 4.69) is 15.3 Å². The minimum absolute atomic E-state index is 0.105. The number of rotatable bonds is 5. The van der Waals surface area contributed by atoms with Crippen molar-refractivity contribution in [3.8, 4) is 0 Å². The van der Waals surface area contributed by atoms with Crippen molar-refractivity contribution < 1.29 is 13.8 Å². The molecule has 0 saturated carbocycles. The number of carbonyl (C=O) groups is 1. The molecule has 0 spiro atoms. The first-order valence-electron chi connectivity index (χ1n) is 9.02. The summed E-state index contributed by atoms with van der Waals surface area (Å²) >= 11 is 0. The third-order valence-electron chi connectivity index (χ3n) is 5.00. The zero-order chi connectivity index (χ0) is 18.0. The Morgan fingerprint density at radius 3 is 2.76 bits per heavy atom.